The number of aromatic hydroxyl groups is 1. The summed E-state index contributed by atoms with van der Waals surface area (Å²) in [6.07, 6.45) is 8.31. The Morgan fingerprint density at radius 2 is 2.12 bits per heavy atom. The van der Waals surface area contributed by atoms with Gasteiger partial charge in [-0.05, 0) is 44.4 Å². The summed E-state index contributed by atoms with van der Waals surface area (Å²) in [5.41, 5.74) is 0.943. The molecule has 0 spiro atoms. The van der Waals surface area contributed by atoms with Gasteiger partial charge >= 0.3 is 0 Å². The highest BCUT2D eigenvalue weighted by molar-refractivity contribution is 6.33. The minimum absolute atomic E-state index is 0.0298. The first-order chi connectivity index (χ1) is 20.2. The molecule has 1 aliphatic rings. The van der Waals surface area contributed by atoms with E-state index >= 15 is 4.39 Å². The Hall–Kier alpha value is -4.38. The molecule has 0 bridgehead atoms. The van der Waals surface area contributed by atoms with Crippen molar-refractivity contribution in [3.63, 3.8) is 0 Å². The molecule has 1 aromatic carbocycles. The van der Waals surface area contributed by atoms with Gasteiger partial charge in [0.05, 0.1) is 39.4 Å². The fourth-order valence-corrected chi connectivity index (χ4v) is 5.10. The minimum Gasteiger partial charge on any atom is -0.507 e. The number of pyridine rings is 1. The molecule has 1 aliphatic carbocycles. The number of carbonyl (C=O) groups is 2. The van der Waals surface area contributed by atoms with Crippen LogP contribution in [0.1, 0.15) is 44.4 Å². The summed E-state index contributed by atoms with van der Waals surface area (Å²) in [6, 6.07) is 5.20. The number of rotatable bonds is 13. The molecule has 10 nitrogen and oxygen atoms in total. The fourth-order valence-electron chi connectivity index (χ4n) is 4.86. The molecule has 1 fully saturated rings. The van der Waals surface area contributed by atoms with Crippen molar-refractivity contribution in [2.24, 2.45) is 4.99 Å². The molecular formula is C30H33ClFN7O3. The predicted molar refractivity (Wildman–Crippen MR) is 161 cm³/mol. The lowest BCUT2D eigenvalue weighted by Gasteiger charge is -2.33. The zero-order chi connectivity index (χ0) is 30.4. The third kappa shape index (κ3) is 6.11. The van der Waals surface area contributed by atoms with Gasteiger partial charge in [0.2, 0.25) is 12.8 Å². The summed E-state index contributed by atoms with van der Waals surface area (Å²) in [7, 11) is 1.60. The van der Waals surface area contributed by atoms with Gasteiger partial charge in [0.25, 0.3) is 0 Å². The van der Waals surface area contributed by atoms with Gasteiger partial charge in [0.1, 0.15) is 23.7 Å². The van der Waals surface area contributed by atoms with Gasteiger partial charge in [-0.25, -0.2) is 19.3 Å². The third-order valence-electron chi connectivity index (χ3n) is 7.37. The summed E-state index contributed by atoms with van der Waals surface area (Å²) in [5.74, 6) is -0.582. The number of phenolic OH excluding ortho intramolecular Hbond substituents is 1. The van der Waals surface area contributed by atoms with Crippen molar-refractivity contribution in [3.05, 3.63) is 71.5 Å². The van der Waals surface area contributed by atoms with Crippen LogP contribution in [-0.4, -0.2) is 69.8 Å². The summed E-state index contributed by atoms with van der Waals surface area (Å²) in [4.78, 5) is 45.2. The molecule has 42 heavy (non-hydrogen) atoms. The van der Waals surface area contributed by atoms with Crippen molar-refractivity contribution in [1.29, 1.82) is 0 Å². The Kier molecular flexibility index (Phi) is 9.52. The monoisotopic (exact) mass is 593 g/mol. The van der Waals surface area contributed by atoms with E-state index in [9.17, 15) is 14.7 Å². The first-order valence-corrected chi connectivity index (χ1v) is 13.8. The molecule has 2 N–H and O–H groups in total. The van der Waals surface area contributed by atoms with Crippen LogP contribution in [0.3, 0.4) is 0 Å². The lowest BCUT2D eigenvalue weighted by molar-refractivity contribution is -0.109. The van der Waals surface area contributed by atoms with E-state index in [1.54, 1.807) is 19.2 Å². The molecule has 1 saturated carbocycles. The van der Waals surface area contributed by atoms with Crippen LogP contribution >= 0.6 is 11.6 Å². The van der Waals surface area contributed by atoms with E-state index in [0.717, 1.165) is 12.8 Å². The molecule has 0 aliphatic heterocycles. The number of aromatic nitrogens is 3. The molecular weight excluding hydrogens is 561 g/mol. The minimum atomic E-state index is -0.736. The Bertz CT molecular complexity index is 1490. The van der Waals surface area contributed by atoms with Crippen molar-refractivity contribution >= 4 is 41.8 Å². The van der Waals surface area contributed by atoms with Gasteiger partial charge in [-0.15, -0.1) is 6.58 Å². The second kappa shape index (κ2) is 13.1. The van der Waals surface area contributed by atoms with E-state index in [1.807, 2.05) is 11.8 Å². The van der Waals surface area contributed by atoms with Crippen molar-refractivity contribution in [2.45, 2.75) is 44.6 Å². The summed E-state index contributed by atoms with van der Waals surface area (Å²) < 4.78 is 15.1. The largest absolute Gasteiger partial charge is 0.507 e. The fraction of sp³-hybridized carbons (Fsp3) is 0.333. The van der Waals surface area contributed by atoms with Crippen LogP contribution in [0.4, 0.5) is 15.9 Å². The molecule has 0 radical (unpaired) electrons. The maximum absolute atomic E-state index is 15.1. The number of phenols is 1. The lowest BCUT2D eigenvalue weighted by Crippen LogP contribution is -2.45. The van der Waals surface area contributed by atoms with Gasteiger partial charge in [-0.3, -0.25) is 19.5 Å². The molecule has 12 heteroatoms. The van der Waals surface area contributed by atoms with Crippen LogP contribution in [0, 0.1) is 5.82 Å². The van der Waals surface area contributed by atoms with E-state index in [0.29, 0.717) is 55.1 Å². The highest BCUT2D eigenvalue weighted by Gasteiger charge is 2.43. The number of nitrogens with zero attached hydrogens (tertiary/aromatic N) is 6. The lowest BCUT2D eigenvalue weighted by atomic mass is 10.0. The Morgan fingerprint density at radius 3 is 2.74 bits per heavy atom. The smallest absolute Gasteiger partial charge is 0.220 e. The highest BCUT2D eigenvalue weighted by Crippen LogP contribution is 2.50. The Balaban J connectivity index is 2.00. The van der Waals surface area contributed by atoms with Crippen LogP contribution in [0.2, 0.25) is 5.02 Å². The van der Waals surface area contributed by atoms with Crippen LogP contribution in [-0.2, 0) is 15.0 Å². The second-order valence-electron chi connectivity index (χ2n) is 10.3. The van der Waals surface area contributed by atoms with E-state index in [-0.39, 0.29) is 39.3 Å². The van der Waals surface area contributed by atoms with Crippen LogP contribution in [0.25, 0.3) is 11.3 Å². The van der Waals surface area contributed by atoms with Crippen molar-refractivity contribution < 1.29 is 19.1 Å². The normalized spacial score (nSPS) is 14.5. The Labute approximate surface area is 249 Å². The molecule has 0 saturated heterocycles. The van der Waals surface area contributed by atoms with Gasteiger partial charge in [-0.1, -0.05) is 30.7 Å². The maximum Gasteiger partial charge on any atom is 0.220 e. The van der Waals surface area contributed by atoms with Gasteiger partial charge in [0, 0.05) is 31.6 Å². The van der Waals surface area contributed by atoms with Gasteiger partial charge < -0.3 is 15.3 Å². The average molecular weight is 594 g/mol. The number of nitrogens with one attached hydrogen (secondary N) is 1. The molecule has 1 atom stereocenters. The maximum atomic E-state index is 15.1. The van der Waals surface area contributed by atoms with Gasteiger partial charge in [-0.2, -0.15) is 0 Å². The predicted octanol–water partition coefficient (Wildman–Crippen LogP) is 4.77. The van der Waals surface area contributed by atoms with Crippen molar-refractivity contribution in [2.75, 3.05) is 25.0 Å². The number of hydrogen-bond acceptors (Lipinski definition) is 7. The summed E-state index contributed by atoms with van der Waals surface area (Å²) in [6.45, 7) is 8.58. The first-order valence-electron chi connectivity index (χ1n) is 13.5. The molecule has 2 aromatic heterocycles. The van der Waals surface area contributed by atoms with Crippen LogP contribution in [0.15, 0.2) is 54.4 Å². The number of anilines is 2. The number of amides is 2. The molecule has 1 unspecified atom stereocenters. The highest BCUT2D eigenvalue weighted by atomic mass is 35.5. The molecule has 2 amide bonds. The van der Waals surface area contributed by atoms with Crippen molar-refractivity contribution in [1.82, 2.24) is 25.2 Å². The molecule has 2 heterocycles. The number of hydrogen-bond donors (Lipinski definition) is 2. The van der Waals surface area contributed by atoms with E-state index in [1.165, 1.54) is 35.6 Å². The zero-order valence-corrected chi connectivity index (χ0v) is 24.5. The third-order valence-corrected chi connectivity index (χ3v) is 7.66. The number of benzene rings is 1. The number of amidine groups is 1. The summed E-state index contributed by atoms with van der Waals surface area (Å²) in [5, 5.41) is 13.3. The number of aliphatic imine (C=N–C) groups is 1. The Morgan fingerprint density at radius 1 is 1.36 bits per heavy atom. The zero-order valence-electron chi connectivity index (χ0n) is 23.7. The van der Waals surface area contributed by atoms with E-state index in [4.69, 9.17) is 16.6 Å². The first kappa shape index (κ1) is 30.6. The SMILES string of the molecule is C=CCCN(C(=NC)c1cc(Cl)c(-c2c(O)cccc2F)nc1N(C=O)c1cncnc1C1(C)CC1)C(C)CNC=O. The average Bonchev–Trinajstić information content (AvgIpc) is 3.74. The number of halogens is 2. The van der Waals surface area contributed by atoms with E-state index in [2.05, 4.69) is 33.8 Å². The molecule has 4 rings (SSSR count). The topological polar surface area (TPSA) is 124 Å². The molecule has 220 valence electrons. The van der Waals surface area contributed by atoms with Gasteiger partial charge in [0.15, 0.2) is 5.82 Å². The summed E-state index contributed by atoms with van der Waals surface area (Å²) >= 11 is 6.74. The standard InChI is InChI=1S/C30H33ClFN7O3/c1-5-6-12-38(19(2)14-35-17-40)28(33-4)20-13-21(31)26(25-22(32)8-7-9-24(25)42)37-29(20)39(18-41)23-15-34-16-36-27(23)30(3)10-11-30/h5,7-9,13,15-19,42H,1,6,10-12,14H2,2-4H3,(H,35,40). The quantitative estimate of drug-likeness (QED) is 0.127. The second-order valence-corrected chi connectivity index (χ2v) is 10.7. The number of carbonyl (C=O) groups excluding carboxylic acids is 2. The van der Waals surface area contributed by atoms with Crippen LogP contribution in [0.5, 0.6) is 5.75 Å². The molecule has 3 aromatic rings. The van der Waals surface area contributed by atoms with E-state index < -0.39 is 5.82 Å². The van der Waals surface area contributed by atoms with Crippen LogP contribution < -0.4 is 10.2 Å². The van der Waals surface area contributed by atoms with Crippen molar-refractivity contribution in [3.8, 4) is 17.0 Å².